The van der Waals surface area contributed by atoms with Crippen LogP contribution >= 0.6 is 0 Å². The van der Waals surface area contributed by atoms with Crippen LogP contribution in [0.3, 0.4) is 0 Å². The molecule has 4 nitrogen and oxygen atoms in total. The number of hydrogen-bond acceptors (Lipinski definition) is 4. The predicted octanol–water partition coefficient (Wildman–Crippen LogP) is 2.73. The van der Waals surface area contributed by atoms with E-state index >= 15 is 0 Å². The number of ether oxygens (including phenoxy) is 1. The van der Waals surface area contributed by atoms with Crippen LogP contribution in [0, 0.1) is 0 Å². The molecule has 2 aliphatic rings. The molecule has 4 heteroatoms. The highest BCUT2D eigenvalue weighted by Gasteiger charge is 2.43. The maximum Gasteiger partial charge on any atom is 0.326 e. The first-order valence-electron chi connectivity index (χ1n) is 8.15. The van der Waals surface area contributed by atoms with Crippen LogP contribution in [0.2, 0.25) is 0 Å². The number of benzene rings is 1. The molecule has 2 N–H and O–H groups in total. The van der Waals surface area contributed by atoms with E-state index in [0.29, 0.717) is 25.9 Å². The van der Waals surface area contributed by atoms with Gasteiger partial charge >= 0.3 is 5.97 Å². The Labute approximate surface area is 131 Å². The van der Waals surface area contributed by atoms with E-state index in [1.54, 1.807) is 6.92 Å². The van der Waals surface area contributed by atoms with Crippen molar-refractivity contribution in [3.63, 3.8) is 0 Å². The quantitative estimate of drug-likeness (QED) is 0.872. The Morgan fingerprint density at radius 1 is 1.41 bits per heavy atom. The lowest BCUT2D eigenvalue weighted by atomic mass is 9.86. The van der Waals surface area contributed by atoms with E-state index in [-0.39, 0.29) is 17.7 Å². The number of rotatable bonds is 3. The fourth-order valence-corrected chi connectivity index (χ4v) is 3.74. The van der Waals surface area contributed by atoms with E-state index in [4.69, 9.17) is 10.5 Å². The second kappa shape index (κ2) is 5.84. The van der Waals surface area contributed by atoms with Crippen molar-refractivity contribution in [1.82, 2.24) is 0 Å². The predicted molar refractivity (Wildman–Crippen MR) is 83.9 cm³/mol. The van der Waals surface area contributed by atoms with Gasteiger partial charge in [0.05, 0.1) is 6.61 Å². The smallest absolute Gasteiger partial charge is 0.326 e. The Balaban J connectivity index is 1.79. The fourth-order valence-electron chi connectivity index (χ4n) is 3.74. The molecular weight excluding hydrogens is 278 g/mol. The number of carbonyl (C=O) groups is 2. The molecule has 118 valence electrons. The molecule has 2 aliphatic carbocycles. The van der Waals surface area contributed by atoms with Crippen molar-refractivity contribution in [2.24, 2.45) is 5.73 Å². The topological polar surface area (TPSA) is 69.4 Å². The first-order chi connectivity index (χ1) is 10.5. The maximum absolute atomic E-state index is 12.0. The Morgan fingerprint density at radius 3 is 3.00 bits per heavy atom. The zero-order chi connectivity index (χ0) is 15.7. The summed E-state index contributed by atoms with van der Waals surface area (Å²) >= 11 is 0. The number of ketones is 1. The van der Waals surface area contributed by atoms with Gasteiger partial charge in [-0.2, -0.15) is 0 Å². The molecule has 0 spiro atoms. The van der Waals surface area contributed by atoms with Gasteiger partial charge in [-0.25, -0.2) is 0 Å². The minimum absolute atomic E-state index is 0.249. The van der Waals surface area contributed by atoms with Crippen LogP contribution in [0.4, 0.5) is 0 Å². The number of esters is 1. The van der Waals surface area contributed by atoms with Gasteiger partial charge in [0.2, 0.25) is 0 Å². The lowest BCUT2D eigenvalue weighted by molar-refractivity contribution is -0.149. The molecule has 1 fully saturated rings. The van der Waals surface area contributed by atoms with E-state index in [1.165, 1.54) is 5.56 Å². The van der Waals surface area contributed by atoms with E-state index in [9.17, 15) is 9.59 Å². The molecule has 2 unspecified atom stereocenters. The SMILES string of the molecule is CCOC(=O)C1(N)CCC(c2ccc3c(c2)CCCC3=O)C1. The van der Waals surface area contributed by atoms with Gasteiger partial charge in [-0.3, -0.25) is 9.59 Å². The van der Waals surface area contributed by atoms with Crippen molar-refractivity contribution in [3.8, 4) is 0 Å². The van der Waals surface area contributed by atoms with Crippen molar-refractivity contribution in [2.45, 2.75) is 56.9 Å². The fraction of sp³-hybridized carbons (Fsp3) is 0.556. The van der Waals surface area contributed by atoms with Crippen molar-refractivity contribution in [1.29, 1.82) is 0 Å². The second-order valence-electron chi connectivity index (χ2n) is 6.51. The Morgan fingerprint density at radius 2 is 2.23 bits per heavy atom. The third kappa shape index (κ3) is 2.68. The first-order valence-corrected chi connectivity index (χ1v) is 8.15. The zero-order valence-electron chi connectivity index (χ0n) is 13.1. The number of carbonyl (C=O) groups excluding carboxylic acids is 2. The summed E-state index contributed by atoms with van der Waals surface area (Å²) in [6.07, 6.45) is 4.73. The Hall–Kier alpha value is -1.68. The molecule has 2 atom stereocenters. The van der Waals surface area contributed by atoms with E-state index < -0.39 is 5.54 Å². The maximum atomic E-state index is 12.0. The second-order valence-corrected chi connectivity index (χ2v) is 6.51. The summed E-state index contributed by atoms with van der Waals surface area (Å²) in [5.41, 5.74) is 8.62. The average molecular weight is 301 g/mol. The van der Waals surface area contributed by atoms with Gasteiger partial charge in [-0.05, 0) is 56.1 Å². The summed E-state index contributed by atoms with van der Waals surface area (Å²) in [5, 5.41) is 0. The molecule has 0 saturated heterocycles. The van der Waals surface area contributed by atoms with E-state index in [0.717, 1.165) is 30.4 Å². The Kier molecular flexibility index (Phi) is 4.04. The molecule has 0 amide bonds. The zero-order valence-corrected chi connectivity index (χ0v) is 13.1. The van der Waals surface area contributed by atoms with Gasteiger partial charge < -0.3 is 10.5 Å². The molecule has 1 aromatic rings. The summed E-state index contributed by atoms with van der Waals surface area (Å²) in [5.74, 6) is 0.237. The van der Waals surface area contributed by atoms with Crippen LogP contribution in [0.25, 0.3) is 0 Å². The van der Waals surface area contributed by atoms with Crippen molar-refractivity contribution in [2.75, 3.05) is 6.61 Å². The number of Topliss-reactive ketones (excluding diaryl/α,β-unsaturated/α-hetero) is 1. The number of hydrogen-bond donors (Lipinski definition) is 1. The Bertz CT molecular complexity index is 610. The van der Waals surface area contributed by atoms with Crippen molar-refractivity contribution < 1.29 is 14.3 Å². The van der Waals surface area contributed by atoms with Crippen LogP contribution in [0.15, 0.2) is 18.2 Å². The largest absolute Gasteiger partial charge is 0.465 e. The third-order valence-corrected chi connectivity index (χ3v) is 4.98. The highest BCUT2D eigenvalue weighted by Crippen LogP contribution is 2.41. The summed E-state index contributed by atoms with van der Waals surface area (Å²) in [4.78, 5) is 23.9. The normalized spacial score (nSPS) is 27.5. The molecule has 0 heterocycles. The molecule has 1 aromatic carbocycles. The third-order valence-electron chi connectivity index (χ3n) is 4.98. The average Bonchev–Trinajstić information content (AvgIpc) is 2.91. The highest BCUT2D eigenvalue weighted by atomic mass is 16.5. The minimum Gasteiger partial charge on any atom is -0.465 e. The molecule has 0 radical (unpaired) electrons. The van der Waals surface area contributed by atoms with Crippen LogP contribution in [-0.4, -0.2) is 23.9 Å². The van der Waals surface area contributed by atoms with Gasteiger partial charge in [0.25, 0.3) is 0 Å². The summed E-state index contributed by atoms with van der Waals surface area (Å²) in [7, 11) is 0. The van der Waals surface area contributed by atoms with Gasteiger partial charge in [0, 0.05) is 12.0 Å². The number of nitrogens with two attached hydrogens (primary N) is 1. The molecule has 22 heavy (non-hydrogen) atoms. The molecule has 3 rings (SSSR count). The molecular formula is C18H23NO3. The standard InChI is InChI=1S/C18H23NO3/c1-2-22-17(21)18(19)9-8-14(11-18)12-6-7-15-13(10-12)4-3-5-16(15)20/h6-7,10,14H,2-5,8-9,11,19H2,1H3. The summed E-state index contributed by atoms with van der Waals surface area (Å²) in [6.45, 7) is 2.16. The molecule has 0 aromatic heterocycles. The highest BCUT2D eigenvalue weighted by molar-refractivity contribution is 5.98. The number of aryl methyl sites for hydroxylation is 1. The minimum atomic E-state index is -0.855. The monoisotopic (exact) mass is 301 g/mol. The van der Waals surface area contributed by atoms with Gasteiger partial charge in [0.1, 0.15) is 5.54 Å². The van der Waals surface area contributed by atoms with Gasteiger partial charge in [-0.1, -0.05) is 18.2 Å². The van der Waals surface area contributed by atoms with E-state index in [2.05, 4.69) is 6.07 Å². The van der Waals surface area contributed by atoms with E-state index in [1.807, 2.05) is 12.1 Å². The molecule has 1 saturated carbocycles. The first kappa shape index (κ1) is 15.2. The summed E-state index contributed by atoms with van der Waals surface area (Å²) < 4.78 is 5.11. The van der Waals surface area contributed by atoms with Gasteiger partial charge in [0.15, 0.2) is 5.78 Å². The van der Waals surface area contributed by atoms with Crippen molar-refractivity contribution in [3.05, 3.63) is 34.9 Å². The number of fused-ring (bicyclic) bond motifs is 1. The van der Waals surface area contributed by atoms with Crippen LogP contribution in [-0.2, 0) is 16.0 Å². The van der Waals surface area contributed by atoms with Gasteiger partial charge in [-0.15, -0.1) is 0 Å². The lowest BCUT2D eigenvalue weighted by Crippen LogP contribution is -2.46. The molecule has 0 aliphatic heterocycles. The van der Waals surface area contributed by atoms with Crippen LogP contribution in [0.5, 0.6) is 0 Å². The van der Waals surface area contributed by atoms with Crippen LogP contribution < -0.4 is 5.73 Å². The molecule has 0 bridgehead atoms. The lowest BCUT2D eigenvalue weighted by Gasteiger charge is -2.22. The summed E-state index contributed by atoms with van der Waals surface area (Å²) in [6, 6.07) is 6.13. The van der Waals surface area contributed by atoms with Crippen molar-refractivity contribution >= 4 is 11.8 Å². The van der Waals surface area contributed by atoms with Crippen LogP contribution in [0.1, 0.15) is 66.4 Å².